The van der Waals surface area contributed by atoms with E-state index in [0.717, 1.165) is 10.5 Å². The van der Waals surface area contributed by atoms with Crippen molar-refractivity contribution in [2.45, 2.75) is 27.4 Å². The van der Waals surface area contributed by atoms with Crippen molar-refractivity contribution in [3.05, 3.63) is 92.4 Å². The Balaban J connectivity index is 0.000000248. The molecule has 2 aliphatic rings. The smallest absolute Gasteiger partial charge is 0.415 e. The average Bonchev–Trinajstić information content (AvgIpc) is 3.56. The van der Waals surface area contributed by atoms with Crippen LogP contribution in [-0.2, 0) is 17.8 Å². The summed E-state index contributed by atoms with van der Waals surface area (Å²) in [5.74, 6) is 1.52. The number of amides is 1. The van der Waals surface area contributed by atoms with Crippen LogP contribution in [0.1, 0.15) is 25.5 Å². The number of H-pyrrole nitrogens is 1. The number of nitro groups is 1. The number of aromatic nitrogens is 6. The molecule has 5 aromatic rings. The maximum atomic E-state index is 12.7. The third-order valence-corrected chi connectivity index (χ3v) is 8.63. The number of benzene rings is 2. The van der Waals surface area contributed by atoms with E-state index < -0.39 is 35.3 Å². The molecule has 2 aliphatic heterocycles. The predicted molar refractivity (Wildman–Crippen MR) is 245 cm³/mol. The second kappa shape index (κ2) is 23.3. The highest BCUT2D eigenvalue weighted by molar-refractivity contribution is 7.76. The van der Waals surface area contributed by atoms with Crippen molar-refractivity contribution >= 4 is 84.1 Å². The van der Waals surface area contributed by atoms with Crippen LogP contribution < -0.4 is 50.5 Å². The Morgan fingerprint density at radius 1 is 0.812 bits per heavy atom. The Kier molecular flexibility index (Phi) is 18.0. The lowest BCUT2D eigenvalue weighted by Crippen LogP contribution is -2.38. The fourth-order valence-corrected chi connectivity index (χ4v) is 5.56. The molecule has 1 amide bonds. The van der Waals surface area contributed by atoms with Crippen molar-refractivity contribution in [3.8, 4) is 35.0 Å². The number of anilines is 3. The molecule has 0 unspecified atom stereocenters. The number of nitrogens with one attached hydrogen (secondary N) is 1. The summed E-state index contributed by atoms with van der Waals surface area (Å²) in [6, 6.07) is 10.4. The van der Waals surface area contributed by atoms with E-state index in [1.165, 1.54) is 11.7 Å². The zero-order valence-corrected chi connectivity index (χ0v) is 34.5. The molecule has 5 N–H and O–H groups in total. The molecule has 27 heteroatoms. The monoisotopic (exact) mass is 868 g/mol. The molecule has 3 aromatic heterocycles. The van der Waals surface area contributed by atoms with E-state index in [1.807, 2.05) is 18.2 Å². The SMILES string of the molecule is C.CCOC(=O)N1Cc2ccc(OC)c(c2)OC/C=C\COc2nc(N)c([N+](=O)[O-])c1n2.COc1ccc2cc1OC/C=C\COc1nc(N)c3[nH]c(=O)n(c3n1)C2.[B]B([B])B([B])[B]. The minimum Gasteiger partial charge on any atom is -0.493 e. The maximum Gasteiger partial charge on any atom is 0.415 e. The van der Waals surface area contributed by atoms with Gasteiger partial charge in [0.1, 0.15) is 31.9 Å². The third kappa shape index (κ3) is 12.7. The van der Waals surface area contributed by atoms with Crippen molar-refractivity contribution in [2.24, 2.45) is 0 Å². The zero-order valence-electron chi connectivity index (χ0n) is 34.5. The Labute approximate surface area is 374 Å². The van der Waals surface area contributed by atoms with Crippen LogP contribution in [0.2, 0.25) is 0 Å². The van der Waals surface area contributed by atoms with Gasteiger partial charge in [0.05, 0.1) is 38.8 Å². The molecule has 0 saturated carbocycles. The fraction of sp³-hybridized carbons (Fsp3) is 0.297. The lowest BCUT2D eigenvalue weighted by atomic mass is 8.81. The highest BCUT2D eigenvalue weighted by Gasteiger charge is 2.32. The quantitative estimate of drug-likeness (QED) is 0.0985. The van der Waals surface area contributed by atoms with Gasteiger partial charge in [0.25, 0.3) is 0 Å². The summed E-state index contributed by atoms with van der Waals surface area (Å²) >= 11 is 0. The van der Waals surface area contributed by atoms with Crippen molar-refractivity contribution in [3.63, 3.8) is 0 Å². The summed E-state index contributed by atoms with van der Waals surface area (Å²) in [5.41, 5.74) is 13.0. The fourth-order valence-electron chi connectivity index (χ4n) is 5.56. The van der Waals surface area contributed by atoms with Crippen LogP contribution >= 0.6 is 0 Å². The van der Waals surface area contributed by atoms with E-state index in [9.17, 15) is 19.7 Å². The maximum absolute atomic E-state index is 12.7. The normalized spacial score (nSPS) is 13.8. The molecule has 21 nitrogen and oxygen atoms in total. The van der Waals surface area contributed by atoms with Gasteiger partial charge in [-0.1, -0.05) is 19.6 Å². The number of hydrogen-bond donors (Lipinski definition) is 3. The molecule has 8 bridgehead atoms. The van der Waals surface area contributed by atoms with E-state index in [2.05, 4.69) is 24.9 Å². The number of imidazole rings is 1. The van der Waals surface area contributed by atoms with E-state index in [1.54, 1.807) is 56.5 Å². The number of ether oxygens (including phenoxy) is 7. The van der Waals surface area contributed by atoms with Gasteiger partial charge < -0.3 is 49.6 Å². The molecule has 324 valence electrons. The highest BCUT2D eigenvalue weighted by atomic mass is 16.6. The van der Waals surface area contributed by atoms with Gasteiger partial charge in [-0.05, 0) is 66.6 Å². The Hall–Kier alpha value is -7.19. The predicted octanol–water partition coefficient (Wildman–Crippen LogP) is 1.90. The summed E-state index contributed by atoms with van der Waals surface area (Å²) in [4.78, 5) is 56.0. The summed E-state index contributed by atoms with van der Waals surface area (Å²) in [7, 11) is 22.9. The molecule has 0 spiro atoms. The van der Waals surface area contributed by atoms with Gasteiger partial charge in [-0.15, -0.1) is 0 Å². The van der Waals surface area contributed by atoms with Gasteiger partial charge in [0, 0.05) is 43.7 Å². The van der Waals surface area contributed by atoms with Gasteiger partial charge in [0.2, 0.25) is 11.6 Å². The Morgan fingerprint density at radius 3 is 1.81 bits per heavy atom. The number of nitrogens with zero attached hydrogens (tertiary/aromatic N) is 7. The van der Waals surface area contributed by atoms with Crippen molar-refractivity contribution < 1.29 is 42.9 Å². The minimum absolute atomic E-state index is 0. The zero-order chi connectivity index (χ0) is 45.6. The first-order valence-electron chi connectivity index (χ1n) is 18.9. The van der Waals surface area contributed by atoms with E-state index >= 15 is 0 Å². The van der Waals surface area contributed by atoms with E-state index in [-0.39, 0.29) is 76.3 Å². The van der Waals surface area contributed by atoms with Crippen LogP contribution in [0.5, 0.6) is 35.0 Å². The summed E-state index contributed by atoms with van der Waals surface area (Å²) in [5, 5.41) is 11.7. The van der Waals surface area contributed by atoms with E-state index in [0.29, 0.717) is 46.3 Å². The first kappa shape index (κ1) is 49.5. The number of aromatic amines is 1. The number of nitrogen functional groups attached to an aromatic ring is 2. The van der Waals surface area contributed by atoms with Crippen LogP contribution in [0.4, 0.5) is 27.9 Å². The number of methoxy groups -OCH3 is 2. The molecule has 0 aliphatic carbocycles. The Bertz CT molecular complexity index is 2520. The number of carbonyl (C=O) groups excluding carboxylic acids is 1. The van der Waals surface area contributed by atoms with Crippen LogP contribution in [-0.4, -0.2) is 131 Å². The summed E-state index contributed by atoms with van der Waals surface area (Å²) in [6.07, 6.45) is 4.96. The molecule has 64 heavy (non-hydrogen) atoms. The van der Waals surface area contributed by atoms with Crippen LogP contribution in [0.25, 0.3) is 11.2 Å². The van der Waals surface area contributed by atoms with Gasteiger partial charge in [-0.25, -0.2) is 9.59 Å². The first-order chi connectivity index (χ1) is 30.2. The van der Waals surface area contributed by atoms with Gasteiger partial charge in [0.15, 0.2) is 34.5 Å². The van der Waals surface area contributed by atoms with Crippen molar-refractivity contribution in [1.29, 1.82) is 0 Å². The molecule has 5 heterocycles. The van der Waals surface area contributed by atoms with Crippen molar-refractivity contribution in [1.82, 2.24) is 29.5 Å². The molecule has 8 radical (unpaired) electrons. The minimum atomic E-state index is -0.847. The van der Waals surface area contributed by atoms with Crippen molar-refractivity contribution in [2.75, 3.05) is 63.6 Å². The largest absolute Gasteiger partial charge is 0.493 e. The van der Waals surface area contributed by atoms with Crippen LogP contribution in [0.15, 0.2) is 65.5 Å². The van der Waals surface area contributed by atoms with Gasteiger partial charge >= 0.3 is 29.5 Å². The number of hydrogen-bond acceptors (Lipinski definition) is 17. The number of fused-ring (bicyclic) bond motifs is 7. The van der Waals surface area contributed by atoms with Gasteiger partial charge in [-0.3, -0.25) is 19.6 Å². The molecule has 0 atom stereocenters. The third-order valence-electron chi connectivity index (χ3n) is 8.63. The number of carbonyl (C=O) groups is 1. The Morgan fingerprint density at radius 2 is 1.31 bits per heavy atom. The average molecular weight is 868 g/mol. The van der Waals surface area contributed by atoms with Crippen LogP contribution in [0, 0.1) is 10.1 Å². The first-order valence-corrected chi connectivity index (χ1v) is 18.9. The van der Waals surface area contributed by atoms with E-state index in [4.69, 9.17) is 75.6 Å². The molecular formula is C37H42B6N10O11. The van der Waals surface area contributed by atoms with Crippen LogP contribution in [0.3, 0.4) is 0 Å². The standard InChI is InChI=1S/C19H21N5O7.C17H17N5O4.CH4.B6/c1-3-29-19(25)23-11-12-6-7-13(28-2)14(10-12)30-8-4-5-9-31-18-21-16(20)15(24(26)27)17(23)22-18;1-24-11-5-4-10-8-12(11)25-6-2-3-7-26-16-20-14(18)13-15(21-16)22(9-10)17(23)19-13;;1-5(2)6(3)4/h4-7,10H,3,8-9,11H2,1-2H3,(H2,20,21,22);2-5,8H,6-7,9H2,1H3,(H,19,23)(H2,18,20,21);1H4;/b5-4-;3-2-;;. The molecule has 0 saturated heterocycles. The second-order valence-electron chi connectivity index (χ2n) is 13.0. The topological polar surface area (TPSA) is 269 Å². The lowest BCUT2D eigenvalue weighted by molar-refractivity contribution is -0.383. The van der Waals surface area contributed by atoms with Gasteiger partial charge in [-0.2, -0.15) is 19.9 Å². The highest BCUT2D eigenvalue weighted by Crippen LogP contribution is 2.36. The summed E-state index contributed by atoms with van der Waals surface area (Å²) < 4.78 is 39.6. The molecule has 2 aromatic carbocycles. The molecular weight excluding hydrogens is 825 g/mol. The summed E-state index contributed by atoms with van der Waals surface area (Å²) in [6.45, 7) is 2.72. The number of rotatable bonds is 5. The lowest BCUT2D eigenvalue weighted by Gasteiger charge is -2.22. The molecule has 0 fully saturated rings. The molecule has 7 rings (SSSR count). The number of nitrogens with two attached hydrogens (primary N) is 2. The second-order valence-corrected chi connectivity index (χ2v) is 13.0.